The van der Waals surface area contributed by atoms with E-state index >= 15 is 0 Å². The highest BCUT2D eigenvalue weighted by atomic mass is 16.5. The van der Waals surface area contributed by atoms with Gasteiger partial charge in [0.2, 0.25) is 0 Å². The van der Waals surface area contributed by atoms with Gasteiger partial charge in [-0.05, 0) is 71.8 Å². The highest BCUT2D eigenvalue weighted by molar-refractivity contribution is 6.10. The van der Waals surface area contributed by atoms with Crippen molar-refractivity contribution < 1.29 is 4.74 Å². The molecule has 0 N–H and O–H groups in total. The first-order valence-electron chi connectivity index (χ1n) is 12.4. The lowest BCUT2D eigenvalue weighted by molar-refractivity contribution is 0.418. The fraction of sp³-hybridized carbons (Fsp3) is 0.0909. The molecule has 1 aliphatic heterocycles. The minimum absolute atomic E-state index is 0.177. The van der Waals surface area contributed by atoms with Gasteiger partial charge in [0.1, 0.15) is 11.5 Å². The van der Waals surface area contributed by atoms with Crippen LogP contribution in [0.15, 0.2) is 103 Å². The van der Waals surface area contributed by atoms with Crippen LogP contribution in [0.25, 0.3) is 38.6 Å². The van der Waals surface area contributed by atoms with Gasteiger partial charge in [-0.3, -0.25) is 4.98 Å². The highest BCUT2D eigenvalue weighted by Crippen LogP contribution is 2.48. The predicted octanol–water partition coefficient (Wildman–Crippen LogP) is 8.15. The Balaban J connectivity index is 1.43. The lowest BCUT2D eigenvalue weighted by atomic mass is 9.75. The second-order valence-electron chi connectivity index (χ2n) is 10.1. The third kappa shape index (κ3) is 3.18. The molecule has 0 saturated heterocycles. The molecule has 176 valence electrons. The number of aromatic nitrogens is 2. The number of pyridine rings is 1. The molecule has 4 heteroatoms. The minimum atomic E-state index is -0.177. The summed E-state index contributed by atoms with van der Waals surface area (Å²) in [5.74, 6) is 1.83. The smallest absolute Gasteiger partial charge is 0.131 e. The van der Waals surface area contributed by atoms with Crippen molar-refractivity contribution in [1.29, 1.82) is 5.26 Å². The van der Waals surface area contributed by atoms with Crippen molar-refractivity contribution in [2.75, 3.05) is 0 Å². The maximum atomic E-state index is 9.58. The molecule has 0 aliphatic carbocycles. The molecule has 0 radical (unpaired) electrons. The van der Waals surface area contributed by atoms with E-state index in [9.17, 15) is 5.26 Å². The number of hydrogen-bond acceptors (Lipinski definition) is 3. The Bertz CT molecular complexity index is 1890. The topological polar surface area (TPSA) is 50.8 Å². The predicted molar refractivity (Wildman–Crippen MR) is 147 cm³/mol. The first-order valence-corrected chi connectivity index (χ1v) is 12.4. The molecule has 4 nitrogen and oxygen atoms in total. The van der Waals surface area contributed by atoms with Gasteiger partial charge in [-0.2, -0.15) is 5.26 Å². The average molecular weight is 478 g/mol. The van der Waals surface area contributed by atoms with Crippen LogP contribution >= 0.6 is 0 Å². The zero-order valence-electron chi connectivity index (χ0n) is 20.6. The Hall–Kier alpha value is -4.88. The van der Waals surface area contributed by atoms with Gasteiger partial charge >= 0.3 is 0 Å². The van der Waals surface area contributed by atoms with Crippen LogP contribution in [0, 0.1) is 11.3 Å². The van der Waals surface area contributed by atoms with E-state index in [-0.39, 0.29) is 5.41 Å². The lowest BCUT2D eigenvalue weighted by Gasteiger charge is -2.34. The molecule has 0 spiro atoms. The molecular formula is C33H23N3O. The van der Waals surface area contributed by atoms with Crippen LogP contribution in [-0.4, -0.2) is 9.55 Å². The Kier molecular flexibility index (Phi) is 4.52. The Morgan fingerprint density at radius 2 is 1.41 bits per heavy atom. The number of nitrogens with zero attached hydrogens (tertiary/aromatic N) is 3. The molecule has 37 heavy (non-hydrogen) atoms. The van der Waals surface area contributed by atoms with Crippen molar-refractivity contribution in [2.45, 2.75) is 19.3 Å². The summed E-state index contributed by atoms with van der Waals surface area (Å²) >= 11 is 0. The fourth-order valence-corrected chi connectivity index (χ4v) is 5.67. The third-order valence-corrected chi connectivity index (χ3v) is 7.58. The van der Waals surface area contributed by atoms with E-state index in [1.165, 1.54) is 11.1 Å². The van der Waals surface area contributed by atoms with Gasteiger partial charge in [-0.15, -0.1) is 0 Å². The van der Waals surface area contributed by atoms with Crippen molar-refractivity contribution in [3.63, 3.8) is 0 Å². The van der Waals surface area contributed by atoms with Gasteiger partial charge in [0.05, 0.1) is 22.7 Å². The molecule has 0 fully saturated rings. The van der Waals surface area contributed by atoms with E-state index < -0.39 is 0 Å². The largest absolute Gasteiger partial charge is 0.457 e. The summed E-state index contributed by atoms with van der Waals surface area (Å²) in [4.78, 5) is 4.19. The number of fused-ring (bicyclic) bond motifs is 5. The van der Waals surface area contributed by atoms with E-state index in [2.05, 4.69) is 78.0 Å². The van der Waals surface area contributed by atoms with Crippen molar-refractivity contribution in [1.82, 2.24) is 9.55 Å². The molecule has 0 bridgehead atoms. The standard InChI is InChI=1S/C33H23N3O/c1-33(2)27-5-3-4-6-31(27)37-32-12-9-23(19-28(32)33)22-8-11-30-26(18-22)25-17-21(20-34)7-10-29(25)36(30)24-13-15-35-16-14-24/h3-19H,1-2H3. The monoisotopic (exact) mass is 477 g/mol. The Morgan fingerprint density at radius 1 is 0.730 bits per heavy atom. The van der Waals surface area contributed by atoms with E-state index in [1.54, 1.807) is 12.4 Å². The van der Waals surface area contributed by atoms with Crippen molar-refractivity contribution in [2.24, 2.45) is 0 Å². The van der Waals surface area contributed by atoms with Crippen molar-refractivity contribution in [3.05, 3.63) is 120 Å². The van der Waals surface area contributed by atoms with Crippen LogP contribution in [0.4, 0.5) is 0 Å². The Labute approximate surface area is 215 Å². The number of nitriles is 1. The van der Waals surface area contributed by atoms with E-state index in [4.69, 9.17) is 4.74 Å². The summed E-state index contributed by atoms with van der Waals surface area (Å²) in [5.41, 5.74) is 8.30. The number of benzene rings is 4. The van der Waals surface area contributed by atoms with Crippen LogP contribution in [-0.2, 0) is 5.41 Å². The van der Waals surface area contributed by atoms with Crippen LogP contribution in [0.3, 0.4) is 0 Å². The fourth-order valence-electron chi connectivity index (χ4n) is 5.67. The molecule has 6 aromatic rings. The van der Waals surface area contributed by atoms with Gasteiger partial charge in [0.15, 0.2) is 0 Å². The zero-order valence-corrected chi connectivity index (χ0v) is 20.6. The number of ether oxygens (including phenoxy) is 1. The van der Waals surface area contributed by atoms with Crippen LogP contribution in [0.5, 0.6) is 11.5 Å². The van der Waals surface area contributed by atoms with Gasteiger partial charge < -0.3 is 9.30 Å². The lowest BCUT2D eigenvalue weighted by Crippen LogP contribution is -2.24. The second kappa shape index (κ2) is 7.81. The molecular weight excluding hydrogens is 454 g/mol. The second-order valence-corrected chi connectivity index (χ2v) is 10.1. The molecule has 2 aromatic heterocycles. The SMILES string of the molecule is CC1(C)c2ccccc2Oc2ccc(-c3ccc4c(c3)c3cc(C#N)ccc3n4-c3ccncc3)cc21. The van der Waals surface area contributed by atoms with Gasteiger partial charge in [0.25, 0.3) is 0 Å². The highest BCUT2D eigenvalue weighted by Gasteiger charge is 2.34. The maximum Gasteiger partial charge on any atom is 0.131 e. The molecule has 0 amide bonds. The van der Waals surface area contributed by atoms with E-state index in [0.717, 1.165) is 50.1 Å². The molecule has 3 heterocycles. The van der Waals surface area contributed by atoms with E-state index in [0.29, 0.717) is 5.56 Å². The summed E-state index contributed by atoms with van der Waals surface area (Å²) < 4.78 is 8.50. The normalized spacial score (nSPS) is 13.5. The van der Waals surface area contributed by atoms with E-state index in [1.807, 2.05) is 42.5 Å². The molecule has 0 unspecified atom stereocenters. The molecule has 0 atom stereocenters. The van der Waals surface area contributed by atoms with Gasteiger partial charge in [-0.1, -0.05) is 44.2 Å². The Morgan fingerprint density at radius 3 is 2.22 bits per heavy atom. The average Bonchev–Trinajstić information content (AvgIpc) is 3.26. The maximum absolute atomic E-state index is 9.58. The van der Waals surface area contributed by atoms with Crippen molar-refractivity contribution in [3.8, 4) is 34.4 Å². The minimum Gasteiger partial charge on any atom is -0.457 e. The number of rotatable bonds is 2. The van der Waals surface area contributed by atoms with Crippen LogP contribution < -0.4 is 4.74 Å². The molecule has 4 aromatic carbocycles. The number of para-hydroxylation sites is 1. The molecule has 7 rings (SSSR count). The van der Waals surface area contributed by atoms with Crippen LogP contribution in [0.2, 0.25) is 0 Å². The van der Waals surface area contributed by atoms with Gasteiger partial charge in [0, 0.05) is 45.4 Å². The number of hydrogen-bond donors (Lipinski definition) is 0. The summed E-state index contributed by atoms with van der Waals surface area (Å²) in [6.07, 6.45) is 3.61. The zero-order chi connectivity index (χ0) is 25.1. The van der Waals surface area contributed by atoms with Crippen molar-refractivity contribution >= 4 is 21.8 Å². The quantitative estimate of drug-likeness (QED) is 0.253. The van der Waals surface area contributed by atoms with Crippen LogP contribution in [0.1, 0.15) is 30.5 Å². The summed E-state index contributed by atoms with van der Waals surface area (Å²) in [7, 11) is 0. The summed E-state index contributed by atoms with van der Waals surface area (Å²) in [5, 5.41) is 11.7. The first kappa shape index (κ1) is 21.4. The van der Waals surface area contributed by atoms with Gasteiger partial charge in [-0.25, -0.2) is 0 Å². The summed E-state index contributed by atoms with van der Waals surface area (Å²) in [6, 6.07) is 33.6. The molecule has 1 aliphatic rings. The first-order chi connectivity index (χ1) is 18.0. The molecule has 0 saturated carbocycles. The third-order valence-electron chi connectivity index (χ3n) is 7.58. The summed E-state index contributed by atoms with van der Waals surface area (Å²) in [6.45, 7) is 4.51.